The number of thiazole rings is 1. The Balaban J connectivity index is 1.79. The van der Waals surface area contributed by atoms with Gasteiger partial charge in [0, 0.05) is 10.3 Å². The van der Waals surface area contributed by atoms with Crippen molar-refractivity contribution in [1.82, 2.24) is 4.98 Å². The van der Waals surface area contributed by atoms with E-state index < -0.39 is 0 Å². The van der Waals surface area contributed by atoms with Crippen LogP contribution in [0.25, 0.3) is 10.6 Å². The van der Waals surface area contributed by atoms with Gasteiger partial charge in [-0.1, -0.05) is 23.7 Å². The second kappa shape index (κ2) is 5.97. The maximum Gasteiger partial charge on any atom is 0.258 e. The predicted octanol–water partition coefficient (Wildman–Crippen LogP) is 5.09. The van der Waals surface area contributed by atoms with Gasteiger partial charge in [-0.15, -0.1) is 22.7 Å². The molecule has 0 aliphatic rings. The maximum atomic E-state index is 12.2. The summed E-state index contributed by atoms with van der Waals surface area (Å²) in [7, 11) is 0. The first-order chi connectivity index (χ1) is 10.1. The molecule has 21 heavy (non-hydrogen) atoms. The van der Waals surface area contributed by atoms with Gasteiger partial charge in [0.25, 0.3) is 5.91 Å². The predicted molar refractivity (Wildman–Crippen MR) is 89.6 cm³/mol. The molecule has 0 fully saturated rings. The number of anilines is 1. The van der Waals surface area contributed by atoms with Gasteiger partial charge in [0.1, 0.15) is 0 Å². The molecule has 0 unspecified atom stereocenters. The van der Waals surface area contributed by atoms with Crippen LogP contribution in [0, 0.1) is 6.92 Å². The Labute approximate surface area is 135 Å². The van der Waals surface area contributed by atoms with Crippen LogP contribution in [0.2, 0.25) is 5.02 Å². The molecule has 2 aromatic heterocycles. The molecule has 106 valence electrons. The Bertz CT molecular complexity index is 794. The number of halogens is 1. The lowest BCUT2D eigenvalue weighted by Crippen LogP contribution is -2.12. The van der Waals surface area contributed by atoms with Crippen molar-refractivity contribution < 1.29 is 4.79 Å². The van der Waals surface area contributed by atoms with Gasteiger partial charge in [0.15, 0.2) is 5.13 Å². The van der Waals surface area contributed by atoms with E-state index in [-0.39, 0.29) is 5.91 Å². The summed E-state index contributed by atoms with van der Waals surface area (Å²) in [5, 5.41) is 5.72. The van der Waals surface area contributed by atoms with Crippen molar-refractivity contribution in [3.05, 3.63) is 57.2 Å². The standard InChI is InChI=1S/C15H11ClN2OS2/c1-9-6-7-13(21-9)12-8-20-15(17-12)18-14(19)10-4-2-3-5-11(10)16/h2-8H,1H3,(H,17,18,19). The van der Waals surface area contributed by atoms with E-state index in [0.29, 0.717) is 15.7 Å². The number of amides is 1. The van der Waals surface area contributed by atoms with Crippen LogP contribution in [0.4, 0.5) is 5.13 Å². The van der Waals surface area contributed by atoms with Crippen LogP contribution in [0.3, 0.4) is 0 Å². The van der Waals surface area contributed by atoms with Gasteiger partial charge >= 0.3 is 0 Å². The molecule has 0 bridgehead atoms. The molecule has 3 aromatic rings. The van der Waals surface area contributed by atoms with E-state index >= 15 is 0 Å². The second-order valence-electron chi connectivity index (χ2n) is 4.38. The minimum atomic E-state index is -0.246. The summed E-state index contributed by atoms with van der Waals surface area (Å²) in [6.45, 7) is 2.06. The first-order valence-electron chi connectivity index (χ1n) is 6.22. The van der Waals surface area contributed by atoms with Gasteiger partial charge in [-0.05, 0) is 31.2 Å². The highest BCUT2D eigenvalue weighted by molar-refractivity contribution is 7.17. The van der Waals surface area contributed by atoms with E-state index in [1.165, 1.54) is 16.2 Å². The van der Waals surface area contributed by atoms with E-state index in [4.69, 9.17) is 11.6 Å². The van der Waals surface area contributed by atoms with Crippen LogP contribution in [0.1, 0.15) is 15.2 Å². The van der Waals surface area contributed by atoms with Crippen molar-refractivity contribution in [2.45, 2.75) is 6.92 Å². The van der Waals surface area contributed by atoms with Crippen molar-refractivity contribution in [3.8, 4) is 10.6 Å². The summed E-state index contributed by atoms with van der Waals surface area (Å²) < 4.78 is 0. The summed E-state index contributed by atoms with van der Waals surface area (Å²) in [6.07, 6.45) is 0. The van der Waals surface area contributed by atoms with Gasteiger partial charge in [0.2, 0.25) is 0 Å². The van der Waals surface area contributed by atoms with Crippen LogP contribution in [-0.4, -0.2) is 10.9 Å². The zero-order valence-electron chi connectivity index (χ0n) is 11.1. The number of carbonyl (C=O) groups is 1. The van der Waals surface area contributed by atoms with Gasteiger partial charge in [-0.25, -0.2) is 4.98 Å². The zero-order chi connectivity index (χ0) is 14.8. The number of nitrogens with zero attached hydrogens (tertiary/aromatic N) is 1. The molecule has 3 rings (SSSR count). The summed E-state index contributed by atoms with van der Waals surface area (Å²) in [5.41, 5.74) is 1.33. The van der Waals surface area contributed by atoms with E-state index in [2.05, 4.69) is 23.3 Å². The van der Waals surface area contributed by atoms with Gasteiger partial charge in [-0.3, -0.25) is 10.1 Å². The van der Waals surface area contributed by atoms with Crippen molar-refractivity contribution >= 4 is 45.3 Å². The third-order valence-corrected chi connectivity index (χ3v) is 4.95. The SMILES string of the molecule is Cc1ccc(-c2csc(NC(=O)c3ccccc3Cl)n2)s1. The number of thiophene rings is 1. The number of benzene rings is 1. The zero-order valence-corrected chi connectivity index (χ0v) is 13.5. The quantitative estimate of drug-likeness (QED) is 0.725. The normalized spacial score (nSPS) is 10.6. The average molecular weight is 335 g/mol. The van der Waals surface area contributed by atoms with E-state index in [9.17, 15) is 4.79 Å². The fraction of sp³-hybridized carbons (Fsp3) is 0.0667. The molecule has 0 atom stereocenters. The number of aromatic nitrogens is 1. The Morgan fingerprint density at radius 1 is 1.24 bits per heavy atom. The first-order valence-corrected chi connectivity index (χ1v) is 8.29. The molecular formula is C15H11ClN2OS2. The lowest BCUT2D eigenvalue weighted by Gasteiger charge is -2.03. The molecule has 0 saturated carbocycles. The Hall–Kier alpha value is -1.69. The molecule has 0 radical (unpaired) electrons. The highest BCUT2D eigenvalue weighted by Crippen LogP contribution is 2.30. The first kappa shape index (κ1) is 14.3. The lowest BCUT2D eigenvalue weighted by molar-refractivity contribution is 0.102. The van der Waals surface area contributed by atoms with Crippen LogP contribution in [-0.2, 0) is 0 Å². The third kappa shape index (κ3) is 3.15. The van der Waals surface area contributed by atoms with E-state index in [0.717, 1.165) is 10.6 Å². The van der Waals surface area contributed by atoms with Crippen LogP contribution >= 0.6 is 34.3 Å². The van der Waals surface area contributed by atoms with Crippen molar-refractivity contribution in [2.24, 2.45) is 0 Å². The molecule has 3 nitrogen and oxygen atoms in total. The Kier molecular flexibility index (Phi) is 4.05. The summed E-state index contributed by atoms with van der Waals surface area (Å²) in [4.78, 5) is 18.9. The van der Waals surface area contributed by atoms with Crippen LogP contribution < -0.4 is 5.32 Å². The number of hydrogen-bond donors (Lipinski definition) is 1. The number of rotatable bonds is 3. The molecule has 0 aliphatic carbocycles. The number of hydrogen-bond acceptors (Lipinski definition) is 4. The van der Waals surface area contributed by atoms with E-state index in [1.807, 2.05) is 11.4 Å². The average Bonchev–Trinajstić information content (AvgIpc) is 3.08. The van der Waals surface area contributed by atoms with Crippen LogP contribution in [0.5, 0.6) is 0 Å². The topological polar surface area (TPSA) is 42.0 Å². The molecule has 1 amide bonds. The number of aryl methyl sites for hydroxylation is 1. The van der Waals surface area contributed by atoms with Crippen molar-refractivity contribution in [1.29, 1.82) is 0 Å². The minimum absolute atomic E-state index is 0.246. The molecule has 0 saturated heterocycles. The summed E-state index contributed by atoms with van der Waals surface area (Å²) >= 11 is 9.10. The molecule has 1 aromatic carbocycles. The smallest absolute Gasteiger partial charge is 0.258 e. The molecule has 0 spiro atoms. The van der Waals surface area contributed by atoms with Gasteiger partial charge < -0.3 is 0 Å². The van der Waals surface area contributed by atoms with Crippen molar-refractivity contribution in [2.75, 3.05) is 5.32 Å². The number of nitrogens with one attached hydrogen (secondary N) is 1. The van der Waals surface area contributed by atoms with Crippen molar-refractivity contribution in [3.63, 3.8) is 0 Å². The van der Waals surface area contributed by atoms with Gasteiger partial charge in [0.05, 0.1) is 21.2 Å². The largest absolute Gasteiger partial charge is 0.298 e. The number of carbonyl (C=O) groups excluding carboxylic acids is 1. The second-order valence-corrected chi connectivity index (χ2v) is 6.94. The highest BCUT2D eigenvalue weighted by Gasteiger charge is 2.13. The molecule has 0 aliphatic heterocycles. The molecule has 1 N–H and O–H groups in total. The molecular weight excluding hydrogens is 324 g/mol. The third-order valence-electron chi connectivity index (χ3n) is 2.84. The maximum absolute atomic E-state index is 12.2. The Morgan fingerprint density at radius 2 is 2.05 bits per heavy atom. The highest BCUT2D eigenvalue weighted by atomic mass is 35.5. The fourth-order valence-electron chi connectivity index (χ4n) is 1.83. The summed E-state index contributed by atoms with van der Waals surface area (Å²) in [5.74, 6) is -0.246. The van der Waals surface area contributed by atoms with Gasteiger partial charge in [-0.2, -0.15) is 0 Å². The molecule has 2 heterocycles. The Morgan fingerprint density at radius 3 is 2.76 bits per heavy atom. The monoisotopic (exact) mass is 334 g/mol. The summed E-state index contributed by atoms with van der Waals surface area (Å²) in [6, 6.07) is 11.0. The van der Waals surface area contributed by atoms with E-state index in [1.54, 1.807) is 35.6 Å². The van der Waals surface area contributed by atoms with Crippen LogP contribution in [0.15, 0.2) is 41.8 Å². The fourth-order valence-corrected chi connectivity index (χ4v) is 3.66. The minimum Gasteiger partial charge on any atom is -0.298 e. The lowest BCUT2D eigenvalue weighted by atomic mass is 10.2. The molecule has 6 heteroatoms.